The van der Waals surface area contributed by atoms with Gasteiger partial charge >= 0.3 is 7.32 Å². The molecule has 56 heavy (non-hydrogen) atoms. The lowest BCUT2D eigenvalue weighted by Gasteiger charge is -2.46. The van der Waals surface area contributed by atoms with Gasteiger partial charge in [0.2, 0.25) is 0 Å². The largest absolute Gasteiger partial charge is 0.864 e. The summed E-state index contributed by atoms with van der Waals surface area (Å²) in [7, 11) is -2.33. The Bertz CT molecular complexity index is 1770. The number of hydrogen-bond donors (Lipinski definition) is 0. The standard InChI is InChI=1S/C33H38BF9NO3.C6H2F3/c1-5-9-12-44(13-10-6-2,14-11-7-3)27(8-4)29-28(19-26(39)32(42)33(29)43)47-34(45-20-15-22(35)30(40)23(36)16-20)46-21-17-24(37)31(41)25(38)18-21;7-4-2-1-3-5(8)6(4)9/h15-19,27H,5-14H2,1-4H3;2-3H/q+1;-1. The van der Waals surface area contributed by atoms with Gasteiger partial charge in [0, 0.05) is 48.4 Å². The number of nitrogens with zero attached hydrogens (tertiary/aromatic N) is 1. The Labute approximate surface area is 317 Å². The molecule has 306 valence electrons. The first-order chi connectivity index (χ1) is 26.5. The Morgan fingerprint density at radius 1 is 0.500 bits per heavy atom. The molecule has 0 fully saturated rings. The SMILES string of the molecule is CCCC[N+](CCCC)(CCCC)C(CC)c1c(OB(Oc2cc(F)c(F)c(F)c2)Oc2cc(F)c(F)c(F)c2)cc(F)c(F)c1F.Fc1c[c-]cc(F)c1F. The number of quaternary nitrogens is 1. The predicted molar refractivity (Wildman–Crippen MR) is 184 cm³/mol. The van der Waals surface area contributed by atoms with E-state index in [0.29, 0.717) is 54.4 Å². The minimum Gasteiger partial charge on any atom is -0.489 e. The van der Waals surface area contributed by atoms with Crippen LogP contribution in [0.2, 0.25) is 0 Å². The van der Waals surface area contributed by atoms with E-state index in [1.54, 1.807) is 6.92 Å². The van der Waals surface area contributed by atoms with E-state index in [-0.39, 0.29) is 12.0 Å². The maximum atomic E-state index is 16.0. The highest BCUT2D eigenvalue weighted by molar-refractivity contribution is 6.39. The summed E-state index contributed by atoms with van der Waals surface area (Å²) in [5, 5.41) is 0. The van der Waals surface area contributed by atoms with E-state index in [0.717, 1.165) is 50.7 Å². The van der Waals surface area contributed by atoms with Crippen LogP contribution < -0.4 is 14.0 Å². The Kier molecular flexibility index (Phi) is 17.3. The Balaban J connectivity index is 0.000000817. The second kappa shape index (κ2) is 21.1. The zero-order chi connectivity index (χ0) is 41.7. The van der Waals surface area contributed by atoms with Crippen molar-refractivity contribution in [3.05, 3.63) is 124 Å². The number of halogens is 12. The molecule has 17 heteroatoms. The first-order valence-electron chi connectivity index (χ1n) is 17.9. The molecule has 0 bridgehead atoms. The molecule has 4 aromatic carbocycles. The molecular formula is C39H40BF12NO3. The van der Waals surface area contributed by atoms with Crippen LogP contribution in [-0.4, -0.2) is 31.4 Å². The molecule has 1 atom stereocenters. The van der Waals surface area contributed by atoms with E-state index in [2.05, 4.69) is 6.07 Å². The molecule has 0 N–H and O–H groups in total. The Morgan fingerprint density at radius 2 is 0.875 bits per heavy atom. The summed E-state index contributed by atoms with van der Waals surface area (Å²) in [6.07, 6.45) is 4.87. The van der Waals surface area contributed by atoms with E-state index >= 15 is 4.39 Å². The average molecular weight is 810 g/mol. The van der Waals surface area contributed by atoms with Crippen LogP contribution in [0.15, 0.2) is 42.5 Å². The fraction of sp³-hybridized carbons (Fsp3) is 0.385. The summed E-state index contributed by atoms with van der Waals surface area (Å²) in [6, 6.07) is 4.88. The fourth-order valence-corrected chi connectivity index (χ4v) is 6.11. The van der Waals surface area contributed by atoms with Crippen molar-refractivity contribution < 1.29 is 71.1 Å². The van der Waals surface area contributed by atoms with Gasteiger partial charge in [0.25, 0.3) is 0 Å². The third-order valence-electron chi connectivity index (χ3n) is 8.86. The maximum Gasteiger partial charge on any atom is 0.864 e. The average Bonchev–Trinajstić information content (AvgIpc) is 3.15. The van der Waals surface area contributed by atoms with Crippen molar-refractivity contribution in [3.63, 3.8) is 0 Å². The molecule has 0 radical (unpaired) electrons. The Hall–Kier alpha value is -4.54. The zero-order valence-electron chi connectivity index (χ0n) is 31.0. The monoisotopic (exact) mass is 809 g/mol. The van der Waals surface area contributed by atoms with Gasteiger partial charge in [0.05, 0.1) is 31.0 Å². The lowest BCUT2D eigenvalue weighted by atomic mass is 9.94. The molecule has 0 saturated carbocycles. The van der Waals surface area contributed by atoms with Gasteiger partial charge in [-0.1, -0.05) is 47.0 Å². The van der Waals surface area contributed by atoms with Crippen LogP contribution >= 0.6 is 0 Å². The molecule has 0 aliphatic rings. The number of unbranched alkanes of at least 4 members (excludes halogenated alkanes) is 3. The molecule has 0 spiro atoms. The van der Waals surface area contributed by atoms with Crippen LogP contribution in [0.4, 0.5) is 52.7 Å². The van der Waals surface area contributed by atoms with Crippen LogP contribution in [-0.2, 0) is 0 Å². The Morgan fingerprint density at radius 3 is 1.23 bits per heavy atom. The number of rotatable bonds is 18. The second-order valence-corrected chi connectivity index (χ2v) is 12.8. The van der Waals surface area contributed by atoms with E-state index in [9.17, 15) is 48.3 Å². The molecule has 0 aliphatic heterocycles. The van der Waals surface area contributed by atoms with Crippen molar-refractivity contribution in [2.45, 2.75) is 78.7 Å². The van der Waals surface area contributed by atoms with E-state index < -0.39 is 100 Å². The van der Waals surface area contributed by atoms with Crippen LogP contribution in [0, 0.1) is 75.9 Å². The molecule has 0 amide bonds. The quantitative estimate of drug-likeness (QED) is 0.0329. The molecule has 0 heterocycles. The van der Waals surface area contributed by atoms with Crippen molar-refractivity contribution in [2.24, 2.45) is 0 Å². The molecule has 4 rings (SSSR count). The van der Waals surface area contributed by atoms with Crippen molar-refractivity contribution in [1.29, 1.82) is 0 Å². The van der Waals surface area contributed by atoms with Gasteiger partial charge in [-0.3, -0.25) is 8.78 Å². The minimum atomic E-state index is -2.33. The van der Waals surface area contributed by atoms with Crippen molar-refractivity contribution in [1.82, 2.24) is 0 Å². The summed E-state index contributed by atoms with van der Waals surface area (Å²) in [4.78, 5) is 0. The van der Waals surface area contributed by atoms with E-state index in [1.807, 2.05) is 20.8 Å². The lowest BCUT2D eigenvalue weighted by Crippen LogP contribution is -2.53. The predicted octanol–water partition coefficient (Wildman–Crippen LogP) is 12.0. The summed E-state index contributed by atoms with van der Waals surface area (Å²) in [5.74, 6) is -21.4. The highest BCUT2D eigenvalue weighted by Gasteiger charge is 2.43. The van der Waals surface area contributed by atoms with Gasteiger partial charge in [-0.15, -0.1) is 12.1 Å². The van der Waals surface area contributed by atoms with Crippen molar-refractivity contribution >= 4 is 7.32 Å². The molecule has 0 aromatic heterocycles. The smallest absolute Gasteiger partial charge is 0.489 e. The van der Waals surface area contributed by atoms with E-state index in [1.165, 1.54) is 0 Å². The number of hydrogen-bond acceptors (Lipinski definition) is 3. The van der Waals surface area contributed by atoms with Crippen LogP contribution in [0.5, 0.6) is 17.2 Å². The van der Waals surface area contributed by atoms with Crippen molar-refractivity contribution in [3.8, 4) is 17.2 Å². The summed E-state index contributed by atoms with van der Waals surface area (Å²) >= 11 is 0. The van der Waals surface area contributed by atoms with Gasteiger partial charge in [-0.25, -0.2) is 43.9 Å². The van der Waals surface area contributed by atoms with Crippen LogP contribution in [0.3, 0.4) is 0 Å². The fourth-order valence-electron chi connectivity index (χ4n) is 6.11. The van der Waals surface area contributed by atoms with Crippen LogP contribution in [0.25, 0.3) is 0 Å². The highest BCUT2D eigenvalue weighted by Crippen LogP contribution is 2.42. The van der Waals surface area contributed by atoms with Gasteiger partial charge in [-0.2, -0.15) is 6.07 Å². The second-order valence-electron chi connectivity index (χ2n) is 12.8. The molecule has 1 unspecified atom stereocenters. The molecule has 4 nitrogen and oxygen atoms in total. The topological polar surface area (TPSA) is 27.7 Å². The van der Waals surface area contributed by atoms with Gasteiger partial charge in [0.15, 0.2) is 52.4 Å². The number of benzene rings is 4. The summed E-state index contributed by atoms with van der Waals surface area (Å²) in [5.41, 5.74) is -0.375. The first kappa shape index (κ1) is 45.9. The lowest BCUT2D eigenvalue weighted by molar-refractivity contribution is -0.958. The molecule has 0 saturated heterocycles. The van der Waals surface area contributed by atoms with E-state index in [4.69, 9.17) is 14.0 Å². The third-order valence-corrected chi connectivity index (χ3v) is 8.86. The van der Waals surface area contributed by atoms with Gasteiger partial charge < -0.3 is 18.4 Å². The molecule has 4 aromatic rings. The zero-order valence-corrected chi connectivity index (χ0v) is 31.0. The minimum absolute atomic E-state index is 0.241. The first-order valence-corrected chi connectivity index (χ1v) is 17.9. The summed E-state index contributed by atoms with van der Waals surface area (Å²) in [6.45, 7) is 9.45. The van der Waals surface area contributed by atoms with Gasteiger partial charge in [0.1, 0.15) is 23.3 Å². The normalized spacial score (nSPS) is 11.9. The van der Waals surface area contributed by atoms with Crippen molar-refractivity contribution in [2.75, 3.05) is 19.6 Å². The molecule has 0 aliphatic carbocycles. The third kappa shape index (κ3) is 11.5. The molecular weight excluding hydrogens is 769 g/mol. The van der Waals surface area contributed by atoms with Gasteiger partial charge in [-0.05, 0) is 19.3 Å². The van der Waals surface area contributed by atoms with Crippen LogP contribution in [0.1, 0.15) is 84.2 Å². The maximum absolute atomic E-state index is 16.0. The summed E-state index contributed by atoms with van der Waals surface area (Å²) < 4.78 is 182. The highest BCUT2D eigenvalue weighted by atomic mass is 19.2.